The van der Waals surface area contributed by atoms with Crippen LogP contribution >= 0.6 is 0 Å². The second-order valence-corrected chi connectivity index (χ2v) is 16.3. The fraction of sp³-hybridized carbons (Fsp3) is 0.150. The second-order valence-electron chi connectivity index (χ2n) is 12.7. The van der Waals surface area contributed by atoms with Crippen LogP contribution in [0.4, 0.5) is 34.1 Å². The minimum Gasteiger partial charge on any atom is -0.506 e. The zero-order chi connectivity index (χ0) is 43.8. The van der Waals surface area contributed by atoms with E-state index in [2.05, 4.69) is 40.5 Å². The zero-order valence-corrected chi connectivity index (χ0v) is 38.8. The standard InChI is InChI=1S/2C20H20N4O5S.Cr.Na/c2*1-3-21-30(28,29)14-8-10-17(26)16(11-14)23-24-20-18(27)9-7-13-5-4-6-15(19(13)20)22-12(2)25;;/h2*4-11,21,26-27H,3H2,1-2H3,(H,22,25);;/q;;;+1. The third-order valence-corrected chi connectivity index (χ3v) is 11.4. The summed E-state index contributed by atoms with van der Waals surface area (Å²) in [5.74, 6) is -1.55. The number of azo groups is 2. The SMILES string of the molecule is CCNS(=O)(=O)c1ccc(O)c(N=Nc2c(O)ccc3cccc(NC(C)=O)c23)c1.CCNS(=O)(=O)c1ccc(O)c(N=Nc2c(O)ccc3cccc(NC(C)=O)c23)c1.[Cr].[Na+]. The molecule has 0 bridgehead atoms. The number of hydrogen-bond acceptors (Lipinski definition) is 14. The maximum atomic E-state index is 12.2. The smallest absolute Gasteiger partial charge is 0.506 e. The van der Waals surface area contributed by atoms with Crippen molar-refractivity contribution in [2.75, 3.05) is 23.7 Å². The van der Waals surface area contributed by atoms with E-state index in [-0.39, 0.29) is 127 Å². The third-order valence-electron chi connectivity index (χ3n) is 8.31. The van der Waals surface area contributed by atoms with Crippen LogP contribution in [-0.2, 0) is 47.0 Å². The Morgan fingerprint density at radius 3 is 1.23 bits per heavy atom. The van der Waals surface area contributed by atoms with Crippen LogP contribution in [0.2, 0.25) is 0 Å². The molecule has 0 radical (unpaired) electrons. The van der Waals surface area contributed by atoms with Crippen molar-refractivity contribution in [2.45, 2.75) is 37.5 Å². The van der Waals surface area contributed by atoms with Gasteiger partial charge in [0.1, 0.15) is 45.7 Å². The van der Waals surface area contributed by atoms with Gasteiger partial charge in [-0.15, -0.1) is 20.5 Å². The molecule has 6 rings (SSSR count). The number of phenols is 4. The Hall–Kier alpha value is -5.47. The Morgan fingerprint density at radius 1 is 0.532 bits per heavy atom. The maximum Gasteiger partial charge on any atom is 1.00 e. The van der Waals surface area contributed by atoms with Gasteiger partial charge in [-0.2, -0.15) is 0 Å². The van der Waals surface area contributed by atoms with Crippen molar-refractivity contribution in [2.24, 2.45) is 20.5 Å². The first-order valence-corrected chi connectivity index (χ1v) is 21.0. The van der Waals surface area contributed by atoms with E-state index < -0.39 is 20.0 Å². The number of fused-ring (bicyclic) bond motifs is 2. The molecule has 6 aromatic carbocycles. The van der Waals surface area contributed by atoms with Gasteiger partial charge in [-0.1, -0.05) is 50.2 Å². The molecule has 0 saturated carbocycles. The van der Waals surface area contributed by atoms with Crippen molar-refractivity contribution >= 4 is 87.5 Å². The van der Waals surface area contributed by atoms with Gasteiger partial charge in [0.15, 0.2) is 0 Å². The number of anilines is 2. The number of amides is 2. The third kappa shape index (κ3) is 12.3. The van der Waals surface area contributed by atoms with E-state index in [0.29, 0.717) is 32.9 Å². The average Bonchev–Trinajstić information content (AvgIpc) is 3.18. The summed E-state index contributed by atoms with van der Waals surface area (Å²) in [6.07, 6.45) is 0. The van der Waals surface area contributed by atoms with Crippen LogP contribution in [0.1, 0.15) is 27.7 Å². The summed E-state index contributed by atoms with van der Waals surface area (Å²) >= 11 is 0. The molecule has 0 aromatic heterocycles. The van der Waals surface area contributed by atoms with Gasteiger partial charge in [0.05, 0.1) is 21.2 Å². The normalized spacial score (nSPS) is 11.4. The number of nitrogens with zero attached hydrogens (tertiary/aromatic N) is 4. The largest absolute Gasteiger partial charge is 1.00 e. The van der Waals surface area contributed by atoms with E-state index in [0.717, 1.165) is 0 Å². The molecule has 22 heteroatoms. The van der Waals surface area contributed by atoms with Crippen LogP contribution in [0.5, 0.6) is 23.0 Å². The monoisotopic (exact) mass is 931 g/mol. The number of carbonyl (C=O) groups is 2. The number of sulfonamides is 2. The summed E-state index contributed by atoms with van der Waals surface area (Å²) in [5, 5.41) is 64.5. The van der Waals surface area contributed by atoms with Crippen LogP contribution in [0, 0.1) is 0 Å². The van der Waals surface area contributed by atoms with Crippen LogP contribution in [0.15, 0.2) is 127 Å². The van der Waals surface area contributed by atoms with E-state index in [1.165, 1.54) is 62.4 Å². The van der Waals surface area contributed by atoms with Gasteiger partial charge in [0, 0.05) is 55.1 Å². The molecule has 0 aliphatic carbocycles. The Morgan fingerprint density at radius 2 is 0.887 bits per heavy atom. The van der Waals surface area contributed by atoms with Gasteiger partial charge in [-0.3, -0.25) is 9.59 Å². The second kappa shape index (κ2) is 22.1. The summed E-state index contributed by atoms with van der Waals surface area (Å²) in [6, 6.07) is 23.8. The van der Waals surface area contributed by atoms with E-state index >= 15 is 0 Å². The number of nitrogens with one attached hydrogen (secondary N) is 4. The molecule has 0 aliphatic rings. The first-order chi connectivity index (χ1) is 28.4. The minimum absolute atomic E-state index is 0. The van der Waals surface area contributed by atoms with Crippen LogP contribution in [0.3, 0.4) is 0 Å². The van der Waals surface area contributed by atoms with Crippen molar-refractivity contribution in [3.05, 3.63) is 97.1 Å². The van der Waals surface area contributed by atoms with Crippen LogP contribution in [-0.4, -0.2) is 62.2 Å². The molecule has 8 N–H and O–H groups in total. The minimum atomic E-state index is -3.76. The Bertz CT molecular complexity index is 2720. The first-order valence-electron chi connectivity index (χ1n) is 18.0. The van der Waals surface area contributed by atoms with Crippen molar-refractivity contribution in [3.8, 4) is 23.0 Å². The average molecular weight is 932 g/mol. The predicted molar refractivity (Wildman–Crippen MR) is 226 cm³/mol. The summed E-state index contributed by atoms with van der Waals surface area (Å²) in [6.45, 7) is 6.42. The molecule has 0 saturated heterocycles. The van der Waals surface area contributed by atoms with Crippen LogP contribution in [0.25, 0.3) is 21.5 Å². The Balaban J connectivity index is 0.000000320. The quantitative estimate of drug-likeness (QED) is 0.0610. The summed E-state index contributed by atoms with van der Waals surface area (Å²) < 4.78 is 53.5. The fourth-order valence-electron chi connectivity index (χ4n) is 5.74. The van der Waals surface area contributed by atoms with Gasteiger partial charge in [-0.25, -0.2) is 26.3 Å². The van der Waals surface area contributed by atoms with Crippen molar-refractivity contribution in [1.82, 2.24) is 9.44 Å². The summed E-state index contributed by atoms with van der Waals surface area (Å²) in [4.78, 5) is 22.9. The molecule has 6 aromatic rings. The van der Waals surface area contributed by atoms with Crippen molar-refractivity contribution in [3.63, 3.8) is 0 Å². The van der Waals surface area contributed by atoms with Gasteiger partial charge < -0.3 is 31.1 Å². The van der Waals surface area contributed by atoms with Crippen molar-refractivity contribution < 1.29 is 93.8 Å². The Labute approximate surface area is 389 Å². The molecule has 62 heavy (non-hydrogen) atoms. The van der Waals surface area contributed by atoms with Gasteiger partial charge in [0.2, 0.25) is 31.9 Å². The zero-order valence-electron chi connectivity index (χ0n) is 33.9. The topological polar surface area (TPSA) is 281 Å². The van der Waals surface area contributed by atoms with Gasteiger partial charge >= 0.3 is 29.6 Å². The molecular weight excluding hydrogens is 892 g/mol. The first kappa shape index (κ1) is 50.9. The molecule has 18 nitrogen and oxygen atoms in total. The van der Waals surface area contributed by atoms with Crippen LogP contribution < -0.4 is 49.6 Å². The molecule has 318 valence electrons. The summed E-state index contributed by atoms with van der Waals surface area (Å²) in [7, 11) is -7.51. The number of benzene rings is 6. The molecule has 0 atom stereocenters. The van der Waals surface area contributed by atoms with E-state index in [1.54, 1.807) is 62.4 Å². The molecule has 0 aliphatic heterocycles. The Kier molecular flexibility index (Phi) is 18.1. The van der Waals surface area contributed by atoms with E-state index in [1.807, 2.05) is 0 Å². The molecule has 0 heterocycles. The molecule has 0 fully saturated rings. The molecule has 0 unspecified atom stereocenters. The van der Waals surface area contributed by atoms with Gasteiger partial charge in [-0.05, 0) is 71.4 Å². The number of aromatic hydroxyl groups is 4. The molecule has 0 spiro atoms. The maximum absolute atomic E-state index is 12.2. The van der Waals surface area contributed by atoms with Crippen molar-refractivity contribution in [1.29, 1.82) is 0 Å². The number of hydrogen-bond donors (Lipinski definition) is 8. The fourth-order valence-corrected chi connectivity index (χ4v) is 7.87. The van der Waals surface area contributed by atoms with E-state index in [9.17, 15) is 46.9 Å². The molecule has 2 amide bonds. The van der Waals surface area contributed by atoms with Gasteiger partial charge in [0.25, 0.3) is 0 Å². The number of rotatable bonds is 12. The molecular formula is C40H40CrN8NaO10S2+. The number of carbonyl (C=O) groups excluding carboxylic acids is 2. The predicted octanol–water partition coefficient (Wildman–Crippen LogP) is 4.85. The summed E-state index contributed by atoms with van der Waals surface area (Å²) in [5.41, 5.74) is 0.798. The van der Waals surface area contributed by atoms with E-state index in [4.69, 9.17) is 0 Å². The number of phenolic OH excluding ortho intramolecular Hbond substituents is 4.